The molecule has 0 bridgehead atoms. The summed E-state index contributed by atoms with van der Waals surface area (Å²) in [6.45, 7) is 0. The van der Waals surface area contributed by atoms with Gasteiger partial charge in [-0.25, -0.2) is 4.98 Å². The Kier molecular flexibility index (Phi) is 0.941. The van der Waals surface area contributed by atoms with Crippen LogP contribution in [0.5, 0.6) is 0 Å². The van der Waals surface area contributed by atoms with Crippen LogP contribution in [0.3, 0.4) is 0 Å². The topological polar surface area (TPSA) is 38.9 Å². The average Bonchev–Trinajstić information content (AvgIpc) is 1.87. The van der Waals surface area contributed by atoms with Gasteiger partial charge in [0.1, 0.15) is 5.00 Å². The standard InChI is InChI=1S/C3H3FN2S/c4-3-6-1-2(5)7-3/h1H,5H2. The van der Waals surface area contributed by atoms with Gasteiger partial charge in [0, 0.05) is 0 Å². The van der Waals surface area contributed by atoms with Gasteiger partial charge in [-0.3, -0.25) is 0 Å². The molecule has 0 unspecified atom stereocenters. The average molecular weight is 118 g/mol. The van der Waals surface area contributed by atoms with Gasteiger partial charge < -0.3 is 5.73 Å². The molecule has 0 spiro atoms. The molecule has 0 saturated carbocycles. The van der Waals surface area contributed by atoms with Crippen molar-refractivity contribution in [2.75, 3.05) is 5.73 Å². The van der Waals surface area contributed by atoms with Gasteiger partial charge in [-0.05, 0) is 0 Å². The second kappa shape index (κ2) is 1.46. The Labute approximate surface area is 43.8 Å². The maximum atomic E-state index is 11.8. The molecule has 1 heterocycles. The number of halogens is 1. The van der Waals surface area contributed by atoms with Gasteiger partial charge in [0.15, 0.2) is 0 Å². The van der Waals surface area contributed by atoms with Crippen molar-refractivity contribution in [3.63, 3.8) is 0 Å². The second-order valence-corrected chi connectivity index (χ2v) is 2.03. The van der Waals surface area contributed by atoms with E-state index >= 15 is 0 Å². The molecule has 0 saturated heterocycles. The Morgan fingerprint density at radius 2 is 2.57 bits per heavy atom. The maximum Gasteiger partial charge on any atom is 0.270 e. The molecule has 0 aliphatic heterocycles. The largest absolute Gasteiger partial charge is 0.389 e. The number of thiazole rings is 1. The summed E-state index contributed by atoms with van der Waals surface area (Å²) < 4.78 is 11.8. The first-order valence-corrected chi connectivity index (χ1v) is 2.47. The molecule has 0 aliphatic rings. The summed E-state index contributed by atoms with van der Waals surface area (Å²) in [5.41, 5.74) is 5.09. The smallest absolute Gasteiger partial charge is 0.270 e. The molecule has 1 aromatic rings. The minimum absolute atomic E-state index is 0.414. The molecule has 4 heteroatoms. The molecule has 0 atom stereocenters. The van der Waals surface area contributed by atoms with Crippen molar-refractivity contribution in [2.45, 2.75) is 0 Å². The summed E-state index contributed by atoms with van der Waals surface area (Å²) in [7, 11) is 0. The van der Waals surface area contributed by atoms with E-state index in [2.05, 4.69) is 4.98 Å². The van der Waals surface area contributed by atoms with E-state index in [9.17, 15) is 4.39 Å². The third-order valence-electron chi connectivity index (χ3n) is 0.495. The Morgan fingerprint density at radius 3 is 2.71 bits per heavy atom. The number of anilines is 1. The van der Waals surface area contributed by atoms with Crippen molar-refractivity contribution in [1.82, 2.24) is 4.98 Å². The summed E-state index contributed by atoms with van der Waals surface area (Å²) in [5.74, 6) is 0. The van der Waals surface area contributed by atoms with Crippen LogP contribution in [0.2, 0.25) is 0 Å². The van der Waals surface area contributed by atoms with E-state index in [-0.39, 0.29) is 0 Å². The van der Waals surface area contributed by atoms with Crippen LogP contribution in [-0.2, 0) is 0 Å². The number of nitrogens with two attached hydrogens (primary N) is 1. The van der Waals surface area contributed by atoms with Crippen LogP contribution in [0, 0.1) is 5.26 Å². The highest BCUT2D eigenvalue weighted by Gasteiger charge is 1.91. The first-order chi connectivity index (χ1) is 3.29. The first kappa shape index (κ1) is 4.52. The van der Waals surface area contributed by atoms with Crippen LogP contribution in [0.1, 0.15) is 0 Å². The molecule has 0 aromatic carbocycles. The molecule has 0 fully saturated rings. The molecule has 0 radical (unpaired) electrons. The van der Waals surface area contributed by atoms with Gasteiger partial charge in [-0.2, -0.15) is 4.39 Å². The zero-order valence-corrected chi connectivity index (χ0v) is 4.20. The van der Waals surface area contributed by atoms with Gasteiger partial charge in [0.05, 0.1) is 6.20 Å². The van der Waals surface area contributed by atoms with E-state index in [0.717, 1.165) is 11.3 Å². The molecule has 1 aromatic heterocycles. The van der Waals surface area contributed by atoms with E-state index in [4.69, 9.17) is 5.73 Å². The Bertz CT molecular complexity index is 145. The van der Waals surface area contributed by atoms with Crippen molar-refractivity contribution in [3.05, 3.63) is 11.5 Å². The maximum absolute atomic E-state index is 11.8. The minimum atomic E-state index is -0.475. The van der Waals surface area contributed by atoms with Crippen molar-refractivity contribution in [1.29, 1.82) is 0 Å². The van der Waals surface area contributed by atoms with Crippen molar-refractivity contribution in [3.8, 4) is 0 Å². The van der Waals surface area contributed by atoms with Crippen LogP contribution in [0.4, 0.5) is 9.39 Å². The molecule has 0 amide bonds. The lowest BCUT2D eigenvalue weighted by Crippen LogP contribution is -1.73. The normalized spacial score (nSPS) is 9.29. The predicted molar refractivity (Wildman–Crippen MR) is 26.5 cm³/mol. The van der Waals surface area contributed by atoms with E-state index in [1.54, 1.807) is 0 Å². The quantitative estimate of drug-likeness (QED) is 0.548. The molecule has 1 rings (SSSR count). The predicted octanol–water partition coefficient (Wildman–Crippen LogP) is 0.864. The lowest BCUT2D eigenvalue weighted by atomic mass is 10.9. The van der Waals surface area contributed by atoms with Gasteiger partial charge in [0.25, 0.3) is 5.26 Å². The number of aromatic nitrogens is 1. The minimum Gasteiger partial charge on any atom is -0.389 e. The second-order valence-electron chi connectivity index (χ2n) is 1.02. The van der Waals surface area contributed by atoms with Gasteiger partial charge in [-0.15, -0.1) is 0 Å². The lowest BCUT2D eigenvalue weighted by molar-refractivity contribution is 0.617. The van der Waals surface area contributed by atoms with Crippen LogP contribution in [-0.4, -0.2) is 4.98 Å². The van der Waals surface area contributed by atoms with E-state index in [1.807, 2.05) is 0 Å². The Hall–Kier alpha value is -0.640. The first-order valence-electron chi connectivity index (χ1n) is 1.66. The van der Waals surface area contributed by atoms with Gasteiger partial charge in [-0.1, -0.05) is 11.3 Å². The van der Waals surface area contributed by atoms with Crippen LogP contribution >= 0.6 is 11.3 Å². The summed E-state index contributed by atoms with van der Waals surface area (Å²) in [5, 5.41) is -0.0602. The van der Waals surface area contributed by atoms with E-state index in [0.29, 0.717) is 5.00 Å². The highest BCUT2D eigenvalue weighted by molar-refractivity contribution is 7.13. The molecule has 0 aliphatic carbocycles. The molecule has 7 heavy (non-hydrogen) atoms. The summed E-state index contributed by atoms with van der Waals surface area (Å²) in [6.07, 6.45) is 1.29. The third kappa shape index (κ3) is 0.866. The van der Waals surface area contributed by atoms with E-state index in [1.165, 1.54) is 6.20 Å². The van der Waals surface area contributed by atoms with Crippen LogP contribution in [0.25, 0.3) is 0 Å². The Balaban J connectivity index is 3.04. The van der Waals surface area contributed by atoms with Gasteiger partial charge >= 0.3 is 0 Å². The zero-order valence-electron chi connectivity index (χ0n) is 3.39. The number of nitrogen functional groups attached to an aromatic ring is 1. The Morgan fingerprint density at radius 1 is 1.86 bits per heavy atom. The monoisotopic (exact) mass is 118 g/mol. The van der Waals surface area contributed by atoms with E-state index < -0.39 is 5.26 Å². The van der Waals surface area contributed by atoms with Crippen molar-refractivity contribution >= 4 is 16.3 Å². The highest BCUT2D eigenvalue weighted by Crippen LogP contribution is 2.10. The molecule has 2 N–H and O–H groups in total. The molecular weight excluding hydrogens is 115 g/mol. The van der Waals surface area contributed by atoms with Crippen molar-refractivity contribution in [2.24, 2.45) is 0 Å². The molecule has 2 nitrogen and oxygen atoms in total. The summed E-state index contributed by atoms with van der Waals surface area (Å²) >= 11 is 0.843. The fourth-order valence-electron chi connectivity index (χ4n) is 0.264. The lowest BCUT2D eigenvalue weighted by Gasteiger charge is -1.67. The fourth-order valence-corrected chi connectivity index (χ4v) is 0.670. The van der Waals surface area contributed by atoms with Crippen molar-refractivity contribution < 1.29 is 4.39 Å². The number of rotatable bonds is 0. The van der Waals surface area contributed by atoms with Crippen LogP contribution in [0.15, 0.2) is 6.20 Å². The SMILES string of the molecule is Nc1cnc(F)s1. The van der Waals surface area contributed by atoms with Gasteiger partial charge in [0.2, 0.25) is 0 Å². The molecular formula is C3H3FN2S. The number of nitrogens with zero attached hydrogens (tertiary/aromatic N) is 1. The highest BCUT2D eigenvalue weighted by atomic mass is 32.1. The fraction of sp³-hybridized carbons (Fsp3) is 0. The summed E-state index contributed by atoms with van der Waals surface area (Å²) in [6, 6.07) is 0. The van der Waals surface area contributed by atoms with Crippen LogP contribution < -0.4 is 5.73 Å². The summed E-state index contributed by atoms with van der Waals surface area (Å²) in [4.78, 5) is 3.24. The molecule has 38 valence electrons. The number of hydrogen-bond acceptors (Lipinski definition) is 3. The number of hydrogen-bond donors (Lipinski definition) is 1. The third-order valence-corrected chi connectivity index (χ3v) is 1.11. The zero-order chi connectivity index (χ0) is 5.28.